The Bertz CT molecular complexity index is 1260. The number of aromatic nitrogens is 2. The van der Waals surface area contributed by atoms with Crippen LogP contribution < -0.4 is 15.0 Å². The van der Waals surface area contributed by atoms with Crippen molar-refractivity contribution < 1.29 is 36.4 Å². The molecule has 9 nitrogen and oxygen atoms in total. The zero-order valence-electron chi connectivity index (χ0n) is 18.5. The van der Waals surface area contributed by atoms with Crippen molar-refractivity contribution in [2.75, 3.05) is 18.0 Å². The van der Waals surface area contributed by atoms with E-state index in [-0.39, 0.29) is 32.1 Å². The number of hydrogen-bond acceptors (Lipinski definition) is 7. The van der Waals surface area contributed by atoms with Crippen molar-refractivity contribution in [3.63, 3.8) is 0 Å². The van der Waals surface area contributed by atoms with Crippen LogP contribution in [-0.4, -0.2) is 46.4 Å². The lowest BCUT2D eigenvalue weighted by Gasteiger charge is -2.17. The van der Waals surface area contributed by atoms with Crippen molar-refractivity contribution in [2.45, 2.75) is 33.3 Å². The Morgan fingerprint density at radius 2 is 2.03 bits per heavy atom. The number of carbonyl (C=O) groups excluding carboxylic acids is 2. The van der Waals surface area contributed by atoms with Gasteiger partial charge in [0.15, 0.2) is 16.7 Å². The lowest BCUT2D eigenvalue weighted by atomic mass is 10.2. The summed E-state index contributed by atoms with van der Waals surface area (Å²) >= 11 is 1.06. The molecule has 0 atom stereocenters. The van der Waals surface area contributed by atoms with Gasteiger partial charge in [0.2, 0.25) is 0 Å². The second-order valence-corrected chi connectivity index (χ2v) is 8.67. The fourth-order valence-electron chi connectivity index (χ4n) is 3.44. The zero-order valence-corrected chi connectivity index (χ0v) is 19.3. The van der Waals surface area contributed by atoms with Crippen LogP contribution in [0.3, 0.4) is 0 Å². The van der Waals surface area contributed by atoms with E-state index in [2.05, 4.69) is 20.2 Å². The number of nitrogens with one attached hydrogen (secondary N) is 1. The predicted molar refractivity (Wildman–Crippen MR) is 115 cm³/mol. The van der Waals surface area contributed by atoms with Gasteiger partial charge >= 0.3 is 12.4 Å². The van der Waals surface area contributed by atoms with E-state index >= 15 is 0 Å². The number of halogens is 4. The Morgan fingerprint density at radius 1 is 1.26 bits per heavy atom. The van der Waals surface area contributed by atoms with E-state index in [1.54, 1.807) is 19.9 Å². The first-order valence-electron chi connectivity index (χ1n) is 10.3. The molecule has 3 aromatic rings. The van der Waals surface area contributed by atoms with Crippen molar-refractivity contribution >= 4 is 28.4 Å². The smallest absolute Gasteiger partial charge is 0.403 e. The molecule has 3 amide bonds. The Morgan fingerprint density at radius 3 is 2.69 bits per heavy atom. The minimum Gasteiger partial charge on any atom is -0.403 e. The number of amides is 3. The number of rotatable bonds is 7. The van der Waals surface area contributed by atoms with Gasteiger partial charge in [-0.05, 0) is 31.5 Å². The molecule has 0 aliphatic carbocycles. The summed E-state index contributed by atoms with van der Waals surface area (Å²) < 4.78 is 59.5. The van der Waals surface area contributed by atoms with Crippen LogP contribution in [0.4, 0.5) is 27.5 Å². The third-order valence-electron chi connectivity index (χ3n) is 5.02. The van der Waals surface area contributed by atoms with Crippen molar-refractivity contribution in [3.05, 3.63) is 57.7 Å². The fourth-order valence-corrected chi connectivity index (χ4v) is 4.44. The highest BCUT2D eigenvalue weighted by atomic mass is 32.1. The van der Waals surface area contributed by atoms with Crippen molar-refractivity contribution in [3.8, 4) is 5.75 Å². The van der Waals surface area contributed by atoms with Crippen LogP contribution in [0, 0.1) is 19.7 Å². The van der Waals surface area contributed by atoms with Crippen LogP contribution in [0.25, 0.3) is 0 Å². The first-order valence-corrected chi connectivity index (χ1v) is 11.1. The summed E-state index contributed by atoms with van der Waals surface area (Å²) in [5, 5.41) is 6.87. The van der Waals surface area contributed by atoms with Gasteiger partial charge in [-0.25, -0.2) is 14.2 Å². The van der Waals surface area contributed by atoms with Gasteiger partial charge in [-0.3, -0.25) is 9.69 Å². The molecule has 1 saturated heterocycles. The molecule has 1 N–H and O–H groups in total. The van der Waals surface area contributed by atoms with E-state index in [9.17, 15) is 27.2 Å². The fraction of sp³-hybridized carbons (Fsp3) is 0.333. The molecular weight excluding hydrogens is 494 g/mol. The average Bonchev–Trinajstić information content (AvgIpc) is 3.46. The predicted octanol–water partition coefficient (Wildman–Crippen LogP) is 4.16. The van der Waals surface area contributed by atoms with Crippen molar-refractivity contribution in [2.24, 2.45) is 0 Å². The molecular formula is C21H19F4N5O4S. The number of urea groups is 1. The molecule has 1 fully saturated rings. The summed E-state index contributed by atoms with van der Waals surface area (Å²) in [7, 11) is 0. The number of thiazole rings is 1. The van der Waals surface area contributed by atoms with Crippen molar-refractivity contribution in [1.29, 1.82) is 0 Å². The van der Waals surface area contributed by atoms with Gasteiger partial charge in [-0.15, -0.1) is 13.2 Å². The molecule has 35 heavy (non-hydrogen) atoms. The standard InChI is InChI=1S/C21H19F4N5O4S/c1-11-7-14(28-34-11)9-26-18(31)17-12(2)27-19(35-17)30-6-5-29(20(30)32)10-13-3-4-16(15(22)8-13)33-21(23,24)25/h3-4,7-8H,5-6,9-10H2,1-2H3,(H,26,31). The second kappa shape index (κ2) is 9.52. The molecule has 14 heteroatoms. The van der Waals surface area contributed by atoms with Crippen LogP contribution in [0.15, 0.2) is 28.8 Å². The molecule has 0 spiro atoms. The number of nitrogens with zero attached hydrogens (tertiary/aromatic N) is 4. The summed E-state index contributed by atoms with van der Waals surface area (Å²) in [5.41, 5.74) is 1.32. The molecule has 2 aromatic heterocycles. The molecule has 1 aliphatic rings. The topological polar surface area (TPSA) is 101 Å². The Labute approximate surface area is 200 Å². The molecule has 4 rings (SSSR count). The lowest BCUT2D eigenvalue weighted by molar-refractivity contribution is -0.275. The Balaban J connectivity index is 1.39. The molecule has 0 unspecified atom stereocenters. The summed E-state index contributed by atoms with van der Waals surface area (Å²) in [4.78, 5) is 32.9. The molecule has 0 saturated carbocycles. The van der Waals surface area contributed by atoms with Gasteiger partial charge in [0.1, 0.15) is 16.3 Å². The SMILES string of the molecule is Cc1cc(CNC(=O)c2sc(N3CCN(Cc4ccc(OC(F)(F)F)c(F)c4)C3=O)nc2C)no1. The minimum atomic E-state index is -5.01. The lowest BCUT2D eigenvalue weighted by Crippen LogP contribution is -2.31. The van der Waals surface area contributed by atoms with Crippen LogP contribution in [0.1, 0.15) is 32.4 Å². The highest BCUT2D eigenvalue weighted by Crippen LogP contribution is 2.30. The highest BCUT2D eigenvalue weighted by molar-refractivity contribution is 7.17. The van der Waals surface area contributed by atoms with Crippen LogP contribution >= 0.6 is 11.3 Å². The Hall–Kier alpha value is -3.68. The molecule has 3 heterocycles. The van der Waals surface area contributed by atoms with Crippen LogP contribution in [0.5, 0.6) is 5.75 Å². The van der Waals surface area contributed by atoms with Crippen LogP contribution in [0.2, 0.25) is 0 Å². The quantitative estimate of drug-likeness (QED) is 0.477. The van der Waals surface area contributed by atoms with Crippen molar-refractivity contribution in [1.82, 2.24) is 20.4 Å². The maximum atomic E-state index is 14.0. The Kier molecular flexibility index (Phi) is 6.65. The third kappa shape index (κ3) is 5.70. The monoisotopic (exact) mass is 513 g/mol. The van der Waals surface area contributed by atoms with Gasteiger partial charge in [0.05, 0.1) is 12.2 Å². The molecule has 186 valence electrons. The summed E-state index contributed by atoms with van der Waals surface area (Å²) in [5.74, 6) is -1.88. The number of anilines is 1. The van der Waals surface area contributed by atoms with Crippen LogP contribution in [-0.2, 0) is 13.1 Å². The molecule has 0 bridgehead atoms. The van der Waals surface area contributed by atoms with E-state index in [4.69, 9.17) is 4.52 Å². The summed E-state index contributed by atoms with van der Waals surface area (Å²) in [6.45, 7) is 4.11. The van der Waals surface area contributed by atoms with Gasteiger partial charge < -0.3 is 19.5 Å². The maximum Gasteiger partial charge on any atom is 0.573 e. The first kappa shape index (κ1) is 24.4. The normalized spacial score (nSPS) is 14.1. The first-order chi connectivity index (χ1) is 16.5. The van der Waals surface area contributed by atoms with Gasteiger partial charge in [-0.2, -0.15) is 0 Å². The average molecular weight is 513 g/mol. The maximum absolute atomic E-state index is 14.0. The molecule has 0 radical (unpaired) electrons. The molecule has 1 aromatic carbocycles. The second-order valence-electron chi connectivity index (χ2n) is 7.69. The van der Waals surface area contributed by atoms with E-state index in [0.717, 1.165) is 23.5 Å². The molecule has 1 aliphatic heterocycles. The third-order valence-corrected chi connectivity index (χ3v) is 6.20. The van der Waals surface area contributed by atoms with Gasteiger partial charge in [0.25, 0.3) is 5.91 Å². The summed E-state index contributed by atoms with van der Waals surface area (Å²) in [6, 6.07) is 4.30. The van der Waals surface area contributed by atoms with E-state index in [1.165, 1.54) is 15.9 Å². The number of hydrogen-bond donors (Lipinski definition) is 1. The number of benzene rings is 1. The number of alkyl halides is 3. The van der Waals surface area contributed by atoms with E-state index in [1.807, 2.05) is 0 Å². The van der Waals surface area contributed by atoms with E-state index < -0.39 is 24.0 Å². The number of aryl methyl sites for hydroxylation is 2. The number of carbonyl (C=O) groups is 2. The van der Waals surface area contributed by atoms with E-state index in [0.29, 0.717) is 32.7 Å². The minimum absolute atomic E-state index is 0.0205. The van der Waals surface area contributed by atoms with Gasteiger partial charge in [0, 0.05) is 25.7 Å². The summed E-state index contributed by atoms with van der Waals surface area (Å²) in [6.07, 6.45) is -5.01. The zero-order chi connectivity index (χ0) is 25.3. The highest BCUT2D eigenvalue weighted by Gasteiger charge is 2.34. The van der Waals surface area contributed by atoms with Gasteiger partial charge in [-0.1, -0.05) is 22.6 Å². The number of ether oxygens (including phenoxy) is 1. The largest absolute Gasteiger partial charge is 0.573 e.